The molecule has 0 aliphatic carbocycles. The van der Waals surface area contributed by atoms with Crippen LogP contribution < -0.4 is 9.64 Å². The molecule has 0 spiro atoms. The van der Waals surface area contributed by atoms with Gasteiger partial charge >= 0.3 is 0 Å². The van der Waals surface area contributed by atoms with Crippen LogP contribution in [0.4, 0.5) is 5.69 Å². The Morgan fingerprint density at radius 2 is 1.69 bits per heavy atom. The number of ether oxygens (including phenoxy) is 1. The van der Waals surface area contributed by atoms with Crippen molar-refractivity contribution < 1.29 is 19.4 Å². The molecule has 1 fully saturated rings. The van der Waals surface area contributed by atoms with Crippen molar-refractivity contribution in [3.05, 3.63) is 94.3 Å². The van der Waals surface area contributed by atoms with Crippen molar-refractivity contribution in [2.24, 2.45) is 0 Å². The second-order valence-corrected chi connectivity index (χ2v) is 7.92. The number of carbonyl (C=O) groups is 2. The third kappa shape index (κ3) is 3.54. The molecule has 4 rings (SSSR count). The van der Waals surface area contributed by atoms with Crippen LogP contribution in [0.3, 0.4) is 0 Å². The van der Waals surface area contributed by atoms with Gasteiger partial charge in [-0.1, -0.05) is 17.7 Å². The van der Waals surface area contributed by atoms with Gasteiger partial charge in [0.15, 0.2) is 0 Å². The number of hydrogen-bond donors (Lipinski definition) is 1. The third-order valence-electron chi connectivity index (χ3n) is 5.75. The molecule has 3 aromatic rings. The van der Waals surface area contributed by atoms with E-state index in [4.69, 9.17) is 4.74 Å². The van der Waals surface area contributed by atoms with Gasteiger partial charge in [0.2, 0.25) is 0 Å². The van der Waals surface area contributed by atoms with Crippen molar-refractivity contribution in [2.45, 2.75) is 26.8 Å². The summed E-state index contributed by atoms with van der Waals surface area (Å²) in [5, 5.41) is 11.2. The molecule has 1 N–H and O–H groups in total. The number of amides is 1. The Hall–Kier alpha value is -3.93. The average Bonchev–Trinajstić information content (AvgIpc) is 3.04. The molecular weight excluding hydrogens is 404 g/mol. The Kier molecular flexibility index (Phi) is 5.53. The highest BCUT2D eigenvalue weighted by atomic mass is 16.5. The van der Waals surface area contributed by atoms with E-state index in [-0.39, 0.29) is 11.3 Å². The predicted molar refractivity (Wildman–Crippen MR) is 123 cm³/mol. The molecule has 0 radical (unpaired) electrons. The van der Waals surface area contributed by atoms with Crippen LogP contribution in [0, 0.1) is 20.8 Å². The van der Waals surface area contributed by atoms with Crippen LogP contribution in [0.5, 0.6) is 5.75 Å². The molecular formula is C26H24N2O4. The summed E-state index contributed by atoms with van der Waals surface area (Å²) in [5.41, 5.74) is 4.53. The van der Waals surface area contributed by atoms with Crippen LogP contribution >= 0.6 is 0 Å². The second kappa shape index (κ2) is 8.30. The lowest BCUT2D eigenvalue weighted by molar-refractivity contribution is -0.132. The van der Waals surface area contributed by atoms with Crippen LogP contribution in [-0.2, 0) is 9.59 Å². The second-order valence-electron chi connectivity index (χ2n) is 7.92. The monoisotopic (exact) mass is 428 g/mol. The van der Waals surface area contributed by atoms with Crippen LogP contribution in [-0.4, -0.2) is 28.9 Å². The first kappa shape index (κ1) is 21.3. The van der Waals surface area contributed by atoms with Gasteiger partial charge in [-0.2, -0.15) is 0 Å². The molecule has 0 saturated carbocycles. The van der Waals surface area contributed by atoms with Gasteiger partial charge in [0.1, 0.15) is 11.5 Å². The van der Waals surface area contributed by atoms with Gasteiger partial charge in [0.05, 0.1) is 18.7 Å². The third-order valence-corrected chi connectivity index (χ3v) is 5.75. The zero-order valence-corrected chi connectivity index (χ0v) is 18.4. The molecule has 2 aromatic carbocycles. The largest absolute Gasteiger partial charge is 0.507 e. The number of carbonyl (C=O) groups excluding carboxylic acids is 2. The Morgan fingerprint density at radius 3 is 2.31 bits per heavy atom. The molecule has 1 amide bonds. The normalized spacial score (nSPS) is 17.6. The summed E-state index contributed by atoms with van der Waals surface area (Å²) in [4.78, 5) is 32.0. The van der Waals surface area contributed by atoms with E-state index in [1.54, 1.807) is 49.8 Å². The fraction of sp³-hybridized carbons (Fsp3) is 0.192. The number of methoxy groups -OCH3 is 1. The van der Waals surface area contributed by atoms with Gasteiger partial charge in [-0.15, -0.1) is 0 Å². The summed E-state index contributed by atoms with van der Waals surface area (Å²) < 4.78 is 5.30. The fourth-order valence-corrected chi connectivity index (χ4v) is 4.20. The highest BCUT2D eigenvalue weighted by Gasteiger charge is 2.47. The summed E-state index contributed by atoms with van der Waals surface area (Å²) in [6.07, 6.45) is 3.21. The number of ketones is 1. The summed E-state index contributed by atoms with van der Waals surface area (Å²) in [6, 6.07) is 13.6. The first-order valence-electron chi connectivity index (χ1n) is 10.3. The first-order valence-corrected chi connectivity index (χ1v) is 10.3. The molecule has 0 bridgehead atoms. The van der Waals surface area contributed by atoms with Crippen molar-refractivity contribution in [1.29, 1.82) is 0 Å². The van der Waals surface area contributed by atoms with Crippen LogP contribution in [0.15, 0.2) is 66.5 Å². The van der Waals surface area contributed by atoms with Crippen LogP contribution in [0.1, 0.15) is 33.9 Å². The number of anilines is 1. The molecule has 32 heavy (non-hydrogen) atoms. The molecule has 1 unspecified atom stereocenters. The molecule has 162 valence electrons. The maximum absolute atomic E-state index is 13.2. The number of aliphatic hydroxyl groups is 1. The molecule has 1 saturated heterocycles. The molecule has 6 heteroatoms. The fourth-order valence-electron chi connectivity index (χ4n) is 4.20. The lowest BCUT2D eigenvalue weighted by Crippen LogP contribution is -2.30. The zero-order chi connectivity index (χ0) is 23.0. The van der Waals surface area contributed by atoms with Crippen molar-refractivity contribution in [2.75, 3.05) is 12.0 Å². The number of hydrogen-bond acceptors (Lipinski definition) is 5. The van der Waals surface area contributed by atoms with Crippen LogP contribution in [0.25, 0.3) is 5.76 Å². The Morgan fingerprint density at radius 1 is 0.969 bits per heavy atom. The SMILES string of the molecule is COc1ccc(/C(O)=C2\C(=O)C(=O)N(c3ccc(C)cc3C)C2c2ccncc2)cc1C. The van der Waals surface area contributed by atoms with E-state index in [9.17, 15) is 14.7 Å². The van der Waals surface area contributed by atoms with Gasteiger partial charge in [0, 0.05) is 23.6 Å². The number of pyridine rings is 1. The Balaban J connectivity index is 1.95. The number of rotatable bonds is 4. The highest BCUT2D eigenvalue weighted by molar-refractivity contribution is 6.51. The van der Waals surface area contributed by atoms with E-state index in [1.807, 2.05) is 39.0 Å². The van der Waals surface area contributed by atoms with Crippen LogP contribution in [0.2, 0.25) is 0 Å². The van der Waals surface area contributed by atoms with E-state index >= 15 is 0 Å². The minimum atomic E-state index is -0.776. The van der Waals surface area contributed by atoms with Gasteiger partial charge < -0.3 is 9.84 Å². The quantitative estimate of drug-likeness (QED) is 0.372. The molecule has 6 nitrogen and oxygen atoms in total. The van der Waals surface area contributed by atoms with Crippen molar-refractivity contribution in [3.63, 3.8) is 0 Å². The zero-order valence-electron chi connectivity index (χ0n) is 18.4. The molecule has 1 aliphatic heterocycles. The van der Waals surface area contributed by atoms with Crippen molar-refractivity contribution in [1.82, 2.24) is 4.98 Å². The van der Waals surface area contributed by atoms with E-state index in [0.29, 0.717) is 22.6 Å². The number of benzene rings is 2. The van der Waals surface area contributed by atoms with Gasteiger partial charge in [0.25, 0.3) is 11.7 Å². The van der Waals surface area contributed by atoms with E-state index in [0.717, 1.165) is 16.7 Å². The van der Waals surface area contributed by atoms with E-state index in [2.05, 4.69) is 4.98 Å². The summed E-state index contributed by atoms with van der Waals surface area (Å²) in [6.45, 7) is 5.72. The molecule has 1 aliphatic rings. The molecule has 2 heterocycles. The average molecular weight is 428 g/mol. The summed E-state index contributed by atoms with van der Waals surface area (Å²) >= 11 is 0. The van der Waals surface area contributed by atoms with Crippen molar-refractivity contribution >= 4 is 23.1 Å². The smallest absolute Gasteiger partial charge is 0.300 e. The lowest BCUT2D eigenvalue weighted by Gasteiger charge is -2.27. The predicted octanol–water partition coefficient (Wildman–Crippen LogP) is 4.64. The number of Topliss-reactive ketones (excluding diaryl/α,β-unsaturated/α-hetero) is 1. The summed E-state index contributed by atoms with van der Waals surface area (Å²) in [5.74, 6) is -0.950. The molecule has 1 aromatic heterocycles. The minimum Gasteiger partial charge on any atom is -0.507 e. The van der Waals surface area contributed by atoms with Gasteiger partial charge in [-0.25, -0.2) is 0 Å². The first-order chi connectivity index (χ1) is 15.3. The maximum atomic E-state index is 13.2. The van der Waals surface area contributed by atoms with E-state index in [1.165, 1.54) is 4.90 Å². The Bertz CT molecular complexity index is 1250. The highest BCUT2D eigenvalue weighted by Crippen LogP contribution is 2.43. The molecule has 1 atom stereocenters. The number of aryl methyl sites for hydroxylation is 3. The number of aromatic nitrogens is 1. The number of nitrogens with zero attached hydrogens (tertiary/aromatic N) is 2. The minimum absolute atomic E-state index is 0.0470. The summed E-state index contributed by atoms with van der Waals surface area (Å²) in [7, 11) is 1.57. The van der Waals surface area contributed by atoms with Gasteiger partial charge in [-0.05, 0) is 73.9 Å². The number of aliphatic hydroxyl groups excluding tert-OH is 1. The Labute approximate surface area is 186 Å². The van der Waals surface area contributed by atoms with Crippen molar-refractivity contribution in [3.8, 4) is 5.75 Å². The van der Waals surface area contributed by atoms with Gasteiger partial charge in [-0.3, -0.25) is 19.5 Å². The maximum Gasteiger partial charge on any atom is 0.300 e. The van der Waals surface area contributed by atoms with E-state index < -0.39 is 17.7 Å². The topological polar surface area (TPSA) is 79.7 Å². The lowest BCUT2D eigenvalue weighted by atomic mass is 9.95. The standard InChI is InChI=1S/C26H24N2O4/c1-15-5-7-20(16(2)13-15)28-23(18-9-11-27-12-10-18)22(25(30)26(28)31)24(29)19-6-8-21(32-4)17(3)14-19/h5-14,23,29H,1-4H3/b24-22+.